The molecule has 3 atom stereocenters. The summed E-state index contributed by atoms with van der Waals surface area (Å²) >= 11 is 0. The molecule has 1 heterocycles. The van der Waals surface area contributed by atoms with Crippen molar-refractivity contribution in [2.24, 2.45) is 5.73 Å². The molecule has 1 aromatic carbocycles. The minimum absolute atomic E-state index is 0.337. The Morgan fingerprint density at radius 3 is 2.38 bits per heavy atom. The molecule has 0 bridgehead atoms. The average molecular weight is 181 g/mol. The fourth-order valence-corrected chi connectivity index (χ4v) is 1.48. The van der Waals surface area contributed by atoms with Crippen LogP contribution in [0.3, 0.4) is 0 Å². The Kier molecular flexibility index (Phi) is 2.26. The van der Waals surface area contributed by atoms with Crippen molar-refractivity contribution < 1.29 is 4.39 Å². The summed E-state index contributed by atoms with van der Waals surface area (Å²) in [4.78, 5) is 0. The lowest BCUT2D eigenvalue weighted by Gasteiger charge is -2.12. The molecule has 4 N–H and O–H groups in total. The highest BCUT2D eigenvalue weighted by Crippen LogP contribution is 2.23. The van der Waals surface area contributed by atoms with Gasteiger partial charge in [-0.2, -0.15) is 0 Å². The van der Waals surface area contributed by atoms with Crippen molar-refractivity contribution >= 4 is 0 Å². The quantitative estimate of drug-likeness (QED) is 0.590. The molecule has 0 saturated carbocycles. The smallest absolute Gasteiger partial charge is 0.150 e. The van der Waals surface area contributed by atoms with E-state index in [2.05, 4.69) is 10.9 Å². The van der Waals surface area contributed by atoms with Crippen molar-refractivity contribution in [2.75, 3.05) is 0 Å². The van der Waals surface area contributed by atoms with Crippen LogP contribution in [-0.4, -0.2) is 12.3 Å². The lowest BCUT2D eigenvalue weighted by Crippen LogP contribution is -2.39. The summed E-state index contributed by atoms with van der Waals surface area (Å²) in [7, 11) is 0. The highest BCUT2D eigenvalue weighted by molar-refractivity contribution is 5.21. The van der Waals surface area contributed by atoms with E-state index >= 15 is 0 Å². The van der Waals surface area contributed by atoms with Gasteiger partial charge in [0.05, 0.1) is 6.04 Å². The van der Waals surface area contributed by atoms with Crippen LogP contribution in [0.1, 0.15) is 11.6 Å². The molecule has 4 heteroatoms. The van der Waals surface area contributed by atoms with Crippen molar-refractivity contribution in [3.63, 3.8) is 0 Å². The van der Waals surface area contributed by atoms with E-state index in [1.54, 1.807) is 0 Å². The Balaban J connectivity index is 2.19. The Morgan fingerprint density at radius 1 is 1.15 bits per heavy atom. The molecular weight excluding hydrogens is 169 g/mol. The van der Waals surface area contributed by atoms with Gasteiger partial charge in [-0.1, -0.05) is 30.3 Å². The summed E-state index contributed by atoms with van der Waals surface area (Å²) in [6, 6.07) is 9.09. The number of alkyl halides is 1. The maximum absolute atomic E-state index is 13.4. The molecule has 1 fully saturated rings. The van der Waals surface area contributed by atoms with Crippen LogP contribution >= 0.6 is 0 Å². The highest BCUT2D eigenvalue weighted by atomic mass is 19.1. The van der Waals surface area contributed by atoms with Crippen LogP contribution in [0.5, 0.6) is 0 Å². The first-order valence-electron chi connectivity index (χ1n) is 4.24. The fourth-order valence-electron chi connectivity index (χ4n) is 1.48. The molecule has 3 unspecified atom stereocenters. The predicted molar refractivity (Wildman–Crippen MR) is 48.3 cm³/mol. The number of hydrogen-bond acceptors (Lipinski definition) is 3. The largest absolute Gasteiger partial charge is 0.312 e. The molecule has 0 radical (unpaired) electrons. The molecule has 1 aromatic rings. The van der Waals surface area contributed by atoms with Gasteiger partial charge in [0.15, 0.2) is 0 Å². The van der Waals surface area contributed by atoms with Crippen LogP contribution in [0.15, 0.2) is 30.3 Å². The first-order chi connectivity index (χ1) is 6.29. The topological polar surface area (TPSA) is 50.1 Å². The molecule has 0 spiro atoms. The molecule has 1 saturated heterocycles. The lowest BCUT2D eigenvalue weighted by molar-refractivity contribution is 0.278. The number of rotatable bonds is 1. The molecular formula is C9H12FN3. The van der Waals surface area contributed by atoms with E-state index in [1.165, 1.54) is 0 Å². The number of nitrogens with one attached hydrogen (secondary N) is 2. The second-order valence-electron chi connectivity index (χ2n) is 3.15. The van der Waals surface area contributed by atoms with Gasteiger partial charge in [0.25, 0.3) is 0 Å². The minimum atomic E-state index is -1.08. The summed E-state index contributed by atoms with van der Waals surface area (Å²) in [5.74, 6) is 0. The predicted octanol–water partition coefficient (Wildman–Crippen LogP) is 0.458. The second kappa shape index (κ2) is 3.41. The third kappa shape index (κ3) is 1.56. The summed E-state index contributed by atoms with van der Waals surface area (Å²) < 4.78 is 13.4. The maximum Gasteiger partial charge on any atom is 0.150 e. The fraction of sp³-hybridized carbons (Fsp3) is 0.333. The van der Waals surface area contributed by atoms with Gasteiger partial charge in [0, 0.05) is 0 Å². The molecule has 2 rings (SSSR count). The average Bonchev–Trinajstić information content (AvgIpc) is 2.49. The maximum atomic E-state index is 13.4. The molecule has 1 aliphatic rings. The van der Waals surface area contributed by atoms with Crippen LogP contribution in [0.2, 0.25) is 0 Å². The summed E-state index contributed by atoms with van der Waals surface area (Å²) in [5, 5.41) is 0. The van der Waals surface area contributed by atoms with Crippen LogP contribution in [0, 0.1) is 0 Å². The third-order valence-corrected chi connectivity index (χ3v) is 2.23. The van der Waals surface area contributed by atoms with E-state index in [-0.39, 0.29) is 6.04 Å². The number of hydrazine groups is 1. The van der Waals surface area contributed by atoms with Crippen molar-refractivity contribution in [3.8, 4) is 0 Å². The summed E-state index contributed by atoms with van der Waals surface area (Å²) in [6.07, 6.45) is -1.70. The zero-order valence-corrected chi connectivity index (χ0v) is 7.07. The van der Waals surface area contributed by atoms with E-state index in [9.17, 15) is 4.39 Å². The van der Waals surface area contributed by atoms with E-state index in [0.29, 0.717) is 0 Å². The van der Waals surface area contributed by atoms with Gasteiger partial charge in [-0.3, -0.25) is 0 Å². The molecule has 0 amide bonds. The summed E-state index contributed by atoms with van der Waals surface area (Å²) in [6.45, 7) is 0. The monoisotopic (exact) mass is 181 g/mol. The van der Waals surface area contributed by atoms with Crippen LogP contribution < -0.4 is 16.6 Å². The third-order valence-electron chi connectivity index (χ3n) is 2.23. The second-order valence-corrected chi connectivity index (χ2v) is 3.15. The molecule has 0 aliphatic carbocycles. The number of nitrogens with two attached hydrogens (primary N) is 1. The van der Waals surface area contributed by atoms with Gasteiger partial charge < -0.3 is 5.73 Å². The van der Waals surface area contributed by atoms with Gasteiger partial charge in [0.1, 0.15) is 12.3 Å². The first kappa shape index (κ1) is 8.62. The first-order valence-corrected chi connectivity index (χ1v) is 4.24. The van der Waals surface area contributed by atoms with Gasteiger partial charge in [0.2, 0.25) is 0 Å². The van der Waals surface area contributed by atoms with Gasteiger partial charge in [-0.25, -0.2) is 15.2 Å². The lowest BCUT2D eigenvalue weighted by atomic mass is 10.0. The van der Waals surface area contributed by atoms with Gasteiger partial charge in [-0.05, 0) is 5.56 Å². The minimum Gasteiger partial charge on any atom is -0.312 e. The molecule has 0 aromatic heterocycles. The number of halogens is 1. The molecule has 70 valence electrons. The number of benzene rings is 1. The molecule has 13 heavy (non-hydrogen) atoms. The van der Waals surface area contributed by atoms with Gasteiger partial charge >= 0.3 is 0 Å². The van der Waals surface area contributed by atoms with Crippen molar-refractivity contribution in [3.05, 3.63) is 35.9 Å². The zero-order chi connectivity index (χ0) is 9.26. The Hall–Kier alpha value is -0.970. The van der Waals surface area contributed by atoms with Crippen molar-refractivity contribution in [1.29, 1.82) is 0 Å². The Labute approximate surface area is 76.1 Å². The highest BCUT2D eigenvalue weighted by Gasteiger charge is 2.34. The number of hydrogen-bond donors (Lipinski definition) is 3. The molecule has 3 nitrogen and oxygen atoms in total. The van der Waals surface area contributed by atoms with E-state index < -0.39 is 12.3 Å². The van der Waals surface area contributed by atoms with Crippen molar-refractivity contribution in [2.45, 2.75) is 18.4 Å². The van der Waals surface area contributed by atoms with Crippen LogP contribution in [0.25, 0.3) is 0 Å². The normalized spacial score (nSPS) is 33.5. The van der Waals surface area contributed by atoms with E-state index in [0.717, 1.165) is 5.56 Å². The Morgan fingerprint density at radius 2 is 1.85 bits per heavy atom. The summed E-state index contributed by atoms with van der Waals surface area (Å²) in [5.41, 5.74) is 11.9. The SMILES string of the molecule is NC1NNC(c2ccccc2)C1F. The zero-order valence-electron chi connectivity index (χ0n) is 7.07. The Bertz CT molecular complexity index is 277. The molecule has 1 aliphatic heterocycles. The standard InChI is InChI=1S/C9H12FN3/c10-7-8(12-13-9(7)11)6-4-2-1-3-5-6/h1-5,7-9,12-13H,11H2. The van der Waals surface area contributed by atoms with Gasteiger partial charge in [-0.15, -0.1) is 0 Å². The van der Waals surface area contributed by atoms with Crippen molar-refractivity contribution in [1.82, 2.24) is 10.9 Å². The van der Waals surface area contributed by atoms with Crippen LogP contribution in [-0.2, 0) is 0 Å². The van der Waals surface area contributed by atoms with Crippen LogP contribution in [0.4, 0.5) is 4.39 Å². The van der Waals surface area contributed by atoms with E-state index in [1.807, 2.05) is 30.3 Å². The van der Waals surface area contributed by atoms with E-state index in [4.69, 9.17) is 5.73 Å².